The fraction of sp³-hybridized carbons (Fsp3) is 0.545. The van der Waals surface area contributed by atoms with Gasteiger partial charge in [0.15, 0.2) is 0 Å². The molecule has 1 atom stereocenters. The molecule has 0 radical (unpaired) electrons. The van der Waals surface area contributed by atoms with E-state index in [-0.39, 0.29) is 0 Å². The minimum Gasteiger partial charge on any atom is -0.478 e. The van der Waals surface area contributed by atoms with E-state index in [2.05, 4.69) is 5.32 Å². The Morgan fingerprint density at radius 3 is 3.00 bits per heavy atom. The van der Waals surface area contributed by atoms with Gasteiger partial charge >= 0.3 is 5.97 Å². The average Bonchev–Trinajstić information content (AvgIpc) is 2.73. The Hall–Kier alpha value is -0.950. The molecule has 0 aromatic carbocycles. The lowest BCUT2D eigenvalue weighted by atomic mass is 10.2. The number of thiophene rings is 1. The first kappa shape index (κ1) is 14.1. The molecule has 0 spiro atoms. The van der Waals surface area contributed by atoms with Crippen LogP contribution in [0.15, 0.2) is 11.4 Å². The molecule has 96 valence electrons. The molecule has 0 saturated carbocycles. The maximum Gasteiger partial charge on any atom is 0.336 e. The van der Waals surface area contributed by atoms with Crippen molar-refractivity contribution in [1.82, 2.24) is 5.32 Å². The summed E-state index contributed by atoms with van der Waals surface area (Å²) in [6.45, 7) is 1.63. The number of carboxylic acids is 1. The first-order chi connectivity index (χ1) is 8.13. The molecule has 6 heteroatoms. The van der Waals surface area contributed by atoms with Crippen molar-refractivity contribution in [3.63, 3.8) is 0 Å². The maximum atomic E-state index is 10.6. The summed E-state index contributed by atoms with van der Waals surface area (Å²) in [5.74, 6) is -0.900. The quantitative estimate of drug-likeness (QED) is 0.605. The Morgan fingerprint density at radius 1 is 1.65 bits per heavy atom. The van der Waals surface area contributed by atoms with Gasteiger partial charge in [-0.15, -0.1) is 11.3 Å². The molecule has 3 N–H and O–H groups in total. The zero-order valence-electron chi connectivity index (χ0n) is 9.68. The van der Waals surface area contributed by atoms with E-state index in [1.807, 2.05) is 0 Å². The highest BCUT2D eigenvalue weighted by Gasteiger charge is 2.06. The standard InChI is InChI=1S/C11H17NO4S/c1-16-6-9(13)2-3-12-5-10-4-8(7-17-10)11(14)15/h4,7,9,12-13H,2-3,5-6H2,1H3,(H,14,15). The molecule has 1 heterocycles. The van der Waals surface area contributed by atoms with Gasteiger partial charge in [0.2, 0.25) is 0 Å². The van der Waals surface area contributed by atoms with Crippen LogP contribution in [0.2, 0.25) is 0 Å². The lowest BCUT2D eigenvalue weighted by Gasteiger charge is -2.09. The summed E-state index contributed by atoms with van der Waals surface area (Å²) in [7, 11) is 1.55. The van der Waals surface area contributed by atoms with Crippen molar-refractivity contribution in [3.8, 4) is 0 Å². The molecule has 5 nitrogen and oxygen atoms in total. The number of hydrogen-bond acceptors (Lipinski definition) is 5. The Labute approximate surface area is 104 Å². The third kappa shape index (κ3) is 5.27. The van der Waals surface area contributed by atoms with Crippen molar-refractivity contribution in [2.45, 2.75) is 19.1 Å². The van der Waals surface area contributed by atoms with Crippen molar-refractivity contribution >= 4 is 17.3 Å². The van der Waals surface area contributed by atoms with Gasteiger partial charge in [0.05, 0.1) is 18.3 Å². The minimum absolute atomic E-state index is 0.325. The van der Waals surface area contributed by atoms with Gasteiger partial charge in [-0.25, -0.2) is 4.79 Å². The highest BCUT2D eigenvalue weighted by Crippen LogP contribution is 2.14. The zero-order valence-corrected chi connectivity index (χ0v) is 10.5. The van der Waals surface area contributed by atoms with Crippen LogP contribution in [0, 0.1) is 0 Å². The third-order valence-corrected chi connectivity index (χ3v) is 3.15. The molecule has 0 aliphatic heterocycles. The van der Waals surface area contributed by atoms with E-state index in [0.29, 0.717) is 31.7 Å². The first-order valence-electron chi connectivity index (χ1n) is 5.32. The fourth-order valence-electron chi connectivity index (χ4n) is 1.34. The number of nitrogens with one attached hydrogen (secondary N) is 1. The Morgan fingerprint density at radius 2 is 2.41 bits per heavy atom. The van der Waals surface area contributed by atoms with Crippen LogP contribution in [0.1, 0.15) is 21.7 Å². The number of aliphatic hydroxyl groups excluding tert-OH is 1. The normalized spacial score (nSPS) is 12.6. The second kappa shape index (κ2) is 7.39. The van der Waals surface area contributed by atoms with Gasteiger partial charge < -0.3 is 20.3 Å². The molecule has 0 amide bonds. The molecule has 1 aromatic rings. The van der Waals surface area contributed by atoms with Crippen LogP contribution in [-0.2, 0) is 11.3 Å². The molecule has 0 fully saturated rings. The average molecular weight is 259 g/mol. The summed E-state index contributed by atoms with van der Waals surface area (Å²) in [4.78, 5) is 11.6. The summed E-state index contributed by atoms with van der Waals surface area (Å²) in [6.07, 6.45) is 0.163. The van der Waals surface area contributed by atoms with Gasteiger partial charge in [0, 0.05) is 23.9 Å². The van der Waals surface area contributed by atoms with E-state index < -0.39 is 12.1 Å². The highest BCUT2D eigenvalue weighted by atomic mass is 32.1. The van der Waals surface area contributed by atoms with Crippen LogP contribution in [-0.4, -0.2) is 42.5 Å². The number of ether oxygens (including phenoxy) is 1. The van der Waals surface area contributed by atoms with Crippen molar-refractivity contribution < 1.29 is 19.7 Å². The van der Waals surface area contributed by atoms with Gasteiger partial charge in [-0.1, -0.05) is 0 Å². The van der Waals surface area contributed by atoms with Crippen LogP contribution in [0.4, 0.5) is 0 Å². The molecular formula is C11H17NO4S. The first-order valence-corrected chi connectivity index (χ1v) is 6.20. The maximum absolute atomic E-state index is 10.6. The molecule has 0 bridgehead atoms. The van der Waals surface area contributed by atoms with E-state index in [0.717, 1.165) is 4.88 Å². The van der Waals surface area contributed by atoms with E-state index >= 15 is 0 Å². The number of carboxylic acid groups (broad SMARTS) is 1. The second-order valence-electron chi connectivity index (χ2n) is 3.68. The van der Waals surface area contributed by atoms with Crippen LogP contribution < -0.4 is 5.32 Å². The van der Waals surface area contributed by atoms with Gasteiger partial charge in [-0.05, 0) is 19.0 Å². The minimum atomic E-state index is -0.900. The lowest BCUT2D eigenvalue weighted by Crippen LogP contribution is -2.22. The van der Waals surface area contributed by atoms with Gasteiger partial charge in [-0.3, -0.25) is 0 Å². The summed E-state index contributed by atoms with van der Waals surface area (Å²) in [5, 5.41) is 22.9. The molecule has 1 rings (SSSR count). The zero-order chi connectivity index (χ0) is 12.7. The number of carbonyl (C=O) groups is 1. The van der Waals surface area contributed by atoms with Crippen LogP contribution in [0.25, 0.3) is 0 Å². The lowest BCUT2D eigenvalue weighted by molar-refractivity contribution is 0.0594. The number of rotatable bonds is 8. The summed E-state index contributed by atoms with van der Waals surface area (Å²) in [6, 6.07) is 1.66. The van der Waals surface area contributed by atoms with Crippen molar-refractivity contribution in [2.24, 2.45) is 0 Å². The van der Waals surface area contributed by atoms with E-state index in [9.17, 15) is 9.90 Å². The molecule has 0 aliphatic rings. The summed E-state index contributed by atoms with van der Waals surface area (Å²) >= 11 is 1.42. The topological polar surface area (TPSA) is 78.8 Å². The number of aromatic carboxylic acids is 1. The molecule has 0 aliphatic carbocycles. The summed E-state index contributed by atoms with van der Waals surface area (Å²) < 4.78 is 4.81. The number of methoxy groups -OCH3 is 1. The Bertz CT molecular complexity index is 353. The number of hydrogen-bond donors (Lipinski definition) is 3. The number of aliphatic hydroxyl groups is 1. The second-order valence-corrected chi connectivity index (χ2v) is 4.68. The van der Waals surface area contributed by atoms with E-state index in [1.165, 1.54) is 11.3 Å². The van der Waals surface area contributed by atoms with Crippen molar-refractivity contribution in [3.05, 3.63) is 21.9 Å². The smallest absolute Gasteiger partial charge is 0.336 e. The largest absolute Gasteiger partial charge is 0.478 e. The van der Waals surface area contributed by atoms with Crippen LogP contribution >= 0.6 is 11.3 Å². The molecule has 0 saturated heterocycles. The Balaban J connectivity index is 2.19. The van der Waals surface area contributed by atoms with Crippen LogP contribution in [0.3, 0.4) is 0 Å². The van der Waals surface area contributed by atoms with Gasteiger partial charge in [0.1, 0.15) is 0 Å². The highest BCUT2D eigenvalue weighted by molar-refractivity contribution is 7.10. The van der Waals surface area contributed by atoms with Gasteiger partial charge in [0.25, 0.3) is 0 Å². The summed E-state index contributed by atoms with van der Waals surface area (Å²) in [5.41, 5.74) is 0.325. The predicted molar refractivity (Wildman–Crippen MR) is 65.5 cm³/mol. The van der Waals surface area contributed by atoms with E-state index in [4.69, 9.17) is 9.84 Å². The molecular weight excluding hydrogens is 242 g/mol. The fourth-order valence-corrected chi connectivity index (χ4v) is 2.17. The monoisotopic (exact) mass is 259 g/mol. The van der Waals surface area contributed by atoms with Crippen molar-refractivity contribution in [1.29, 1.82) is 0 Å². The Kier molecular flexibility index (Phi) is 6.13. The molecule has 1 aromatic heterocycles. The van der Waals surface area contributed by atoms with Crippen molar-refractivity contribution in [2.75, 3.05) is 20.3 Å². The van der Waals surface area contributed by atoms with Gasteiger partial charge in [-0.2, -0.15) is 0 Å². The van der Waals surface area contributed by atoms with E-state index in [1.54, 1.807) is 18.6 Å². The molecule has 17 heavy (non-hydrogen) atoms. The predicted octanol–water partition coefficient (Wildman–Crippen LogP) is 0.933. The SMILES string of the molecule is COCC(O)CCNCc1cc(C(=O)O)cs1. The third-order valence-electron chi connectivity index (χ3n) is 2.21. The van der Waals surface area contributed by atoms with Crippen LogP contribution in [0.5, 0.6) is 0 Å². The molecule has 1 unspecified atom stereocenters.